The van der Waals surface area contributed by atoms with E-state index in [0.717, 1.165) is 12.1 Å². The van der Waals surface area contributed by atoms with E-state index >= 15 is 0 Å². The molecule has 2 atom stereocenters. The van der Waals surface area contributed by atoms with Gasteiger partial charge < -0.3 is 14.6 Å². The van der Waals surface area contributed by atoms with E-state index in [4.69, 9.17) is 4.42 Å². The highest BCUT2D eigenvalue weighted by Crippen LogP contribution is 2.36. The SMILES string of the molecule is Cc1cc(F)cc(C)c1-n1cc(-c2nc([C@H](O)[C@H](C)O)oc2-c2ccc(F)cc2F)ccc1=O. The molecule has 2 N–H and O–H groups in total. The molecule has 0 radical (unpaired) electrons. The number of hydrogen-bond donors (Lipinski definition) is 2. The number of oxazole rings is 1. The van der Waals surface area contributed by atoms with Gasteiger partial charge in [0, 0.05) is 23.9 Å². The summed E-state index contributed by atoms with van der Waals surface area (Å²) in [4.78, 5) is 16.9. The number of aliphatic hydroxyl groups excluding tert-OH is 2. The number of nitrogens with zero attached hydrogens (tertiary/aromatic N) is 2. The van der Waals surface area contributed by atoms with Crippen molar-refractivity contribution in [3.8, 4) is 28.3 Å². The van der Waals surface area contributed by atoms with E-state index < -0.39 is 35.2 Å². The number of aryl methyl sites for hydroxylation is 2. The predicted octanol–water partition coefficient (Wildman–Crippen LogP) is 4.61. The molecule has 0 spiro atoms. The van der Waals surface area contributed by atoms with Gasteiger partial charge in [0.25, 0.3) is 5.56 Å². The lowest BCUT2D eigenvalue weighted by Crippen LogP contribution is -2.18. The Kier molecular flexibility index (Phi) is 6.16. The Morgan fingerprint density at radius 3 is 2.26 bits per heavy atom. The van der Waals surface area contributed by atoms with Gasteiger partial charge in [-0.05, 0) is 62.2 Å². The van der Waals surface area contributed by atoms with Crippen molar-refractivity contribution in [1.82, 2.24) is 9.55 Å². The molecule has 0 amide bonds. The van der Waals surface area contributed by atoms with Crippen LogP contribution in [-0.4, -0.2) is 25.9 Å². The van der Waals surface area contributed by atoms with Gasteiger partial charge >= 0.3 is 0 Å². The Morgan fingerprint density at radius 2 is 1.65 bits per heavy atom. The third kappa shape index (κ3) is 4.27. The second kappa shape index (κ2) is 8.92. The number of rotatable bonds is 5. The Balaban J connectivity index is 1.96. The highest BCUT2D eigenvalue weighted by atomic mass is 19.1. The zero-order valence-corrected chi connectivity index (χ0v) is 18.5. The predicted molar refractivity (Wildman–Crippen MR) is 119 cm³/mol. The van der Waals surface area contributed by atoms with E-state index in [2.05, 4.69) is 4.98 Å². The van der Waals surface area contributed by atoms with Gasteiger partial charge in [-0.25, -0.2) is 18.2 Å². The maximum atomic E-state index is 14.6. The summed E-state index contributed by atoms with van der Waals surface area (Å²) < 4.78 is 48.8. The highest BCUT2D eigenvalue weighted by Gasteiger charge is 2.26. The zero-order valence-electron chi connectivity index (χ0n) is 18.5. The topological polar surface area (TPSA) is 88.5 Å². The molecule has 2 aromatic heterocycles. The Morgan fingerprint density at radius 1 is 0.971 bits per heavy atom. The summed E-state index contributed by atoms with van der Waals surface area (Å²) in [6, 6.07) is 8.19. The van der Waals surface area contributed by atoms with Crippen molar-refractivity contribution >= 4 is 0 Å². The lowest BCUT2D eigenvalue weighted by Gasteiger charge is -2.14. The van der Waals surface area contributed by atoms with Gasteiger partial charge in [-0.15, -0.1) is 0 Å². The number of benzene rings is 2. The molecule has 9 heteroatoms. The molecule has 2 aromatic carbocycles. The second-order valence-corrected chi connectivity index (χ2v) is 8.05. The van der Waals surface area contributed by atoms with Crippen LogP contribution >= 0.6 is 0 Å². The lowest BCUT2D eigenvalue weighted by atomic mass is 10.1. The van der Waals surface area contributed by atoms with Crippen LogP contribution in [0.1, 0.15) is 30.0 Å². The van der Waals surface area contributed by atoms with Crippen LogP contribution in [0.5, 0.6) is 0 Å². The van der Waals surface area contributed by atoms with Gasteiger partial charge in [-0.1, -0.05) is 0 Å². The van der Waals surface area contributed by atoms with Crippen molar-refractivity contribution in [1.29, 1.82) is 0 Å². The van der Waals surface area contributed by atoms with Crippen LogP contribution in [0.25, 0.3) is 28.3 Å². The second-order valence-electron chi connectivity index (χ2n) is 8.05. The molecular formula is C25H21F3N2O4. The first-order chi connectivity index (χ1) is 16.1. The molecule has 0 fully saturated rings. The number of aromatic nitrogens is 2. The average molecular weight is 470 g/mol. The largest absolute Gasteiger partial charge is 0.437 e. The van der Waals surface area contributed by atoms with Gasteiger partial charge in [0.15, 0.2) is 11.9 Å². The van der Waals surface area contributed by atoms with Gasteiger partial charge in [0.05, 0.1) is 17.4 Å². The van der Waals surface area contributed by atoms with Gasteiger partial charge in [-0.2, -0.15) is 0 Å². The Bertz CT molecular complexity index is 1420. The highest BCUT2D eigenvalue weighted by molar-refractivity contribution is 5.77. The van der Waals surface area contributed by atoms with E-state index in [9.17, 15) is 28.2 Å². The van der Waals surface area contributed by atoms with Crippen LogP contribution in [0.2, 0.25) is 0 Å². The first-order valence-corrected chi connectivity index (χ1v) is 10.4. The molecule has 0 unspecified atom stereocenters. The van der Waals surface area contributed by atoms with Gasteiger partial charge in [0.1, 0.15) is 23.1 Å². The van der Waals surface area contributed by atoms with E-state index in [1.165, 1.54) is 42.0 Å². The molecule has 6 nitrogen and oxygen atoms in total. The molecule has 0 aliphatic heterocycles. The summed E-state index contributed by atoms with van der Waals surface area (Å²) >= 11 is 0. The molecule has 0 saturated carbocycles. The molecule has 34 heavy (non-hydrogen) atoms. The summed E-state index contributed by atoms with van der Waals surface area (Å²) in [7, 11) is 0. The summed E-state index contributed by atoms with van der Waals surface area (Å²) in [5, 5.41) is 20.0. The Labute approximate surface area is 192 Å². The van der Waals surface area contributed by atoms with Gasteiger partial charge in [-0.3, -0.25) is 9.36 Å². The zero-order chi connectivity index (χ0) is 24.7. The third-order valence-electron chi connectivity index (χ3n) is 5.41. The minimum atomic E-state index is -1.51. The first-order valence-electron chi connectivity index (χ1n) is 10.4. The van der Waals surface area contributed by atoms with Crippen LogP contribution in [0.15, 0.2) is 57.9 Å². The van der Waals surface area contributed by atoms with Crippen molar-refractivity contribution in [2.45, 2.75) is 33.0 Å². The molecule has 0 saturated heterocycles. The molecule has 0 aliphatic rings. The fourth-order valence-electron chi connectivity index (χ4n) is 3.81. The molecule has 4 aromatic rings. The monoisotopic (exact) mass is 470 g/mol. The molecule has 0 aliphatic carbocycles. The standard InChI is InChI=1S/C25H21F3N2O4/c1-12-8-17(27)9-13(2)22(12)30-11-15(4-7-20(30)32)21-24(18-6-5-16(26)10-19(18)28)34-25(29-21)23(33)14(3)31/h4-11,14,23,31,33H,1-3H3/t14-,23+/m0/s1. The van der Waals surface area contributed by atoms with Crippen molar-refractivity contribution < 1.29 is 27.8 Å². The van der Waals surface area contributed by atoms with E-state index in [-0.39, 0.29) is 22.9 Å². The molecule has 2 heterocycles. The Hall–Kier alpha value is -3.69. The van der Waals surface area contributed by atoms with Crippen molar-refractivity contribution in [2.24, 2.45) is 0 Å². The van der Waals surface area contributed by atoms with E-state index in [0.29, 0.717) is 28.4 Å². The summed E-state index contributed by atoms with van der Waals surface area (Å²) in [6.07, 6.45) is -1.31. The quantitative estimate of drug-likeness (QED) is 0.445. The smallest absolute Gasteiger partial charge is 0.255 e. The number of hydrogen-bond acceptors (Lipinski definition) is 5. The number of aliphatic hydroxyl groups is 2. The summed E-state index contributed by atoms with van der Waals surface area (Å²) in [6.45, 7) is 4.65. The molecule has 0 bridgehead atoms. The molecule has 4 rings (SSSR count). The normalized spacial score (nSPS) is 13.2. The van der Waals surface area contributed by atoms with Crippen LogP contribution < -0.4 is 5.56 Å². The summed E-state index contributed by atoms with van der Waals surface area (Å²) in [5.41, 5.74) is 1.36. The maximum absolute atomic E-state index is 14.6. The minimum Gasteiger partial charge on any atom is -0.437 e. The average Bonchev–Trinajstić information content (AvgIpc) is 3.18. The first kappa shape index (κ1) is 23.5. The van der Waals surface area contributed by atoms with Crippen molar-refractivity contribution in [3.63, 3.8) is 0 Å². The van der Waals surface area contributed by atoms with Gasteiger partial charge in [0.2, 0.25) is 5.89 Å². The van der Waals surface area contributed by atoms with Crippen LogP contribution in [0.3, 0.4) is 0 Å². The summed E-state index contributed by atoms with van der Waals surface area (Å²) in [5.74, 6) is -2.55. The minimum absolute atomic E-state index is 0.0615. The maximum Gasteiger partial charge on any atom is 0.255 e. The van der Waals surface area contributed by atoms with E-state index in [1.54, 1.807) is 13.8 Å². The molecule has 176 valence electrons. The lowest BCUT2D eigenvalue weighted by molar-refractivity contribution is 0.0138. The number of pyridine rings is 1. The fraction of sp³-hybridized carbons (Fsp3) is 0.200. The molecular weight excluding hydrogens is 449 g/mol. The van der Waals surface area contributed by atoms with Crippen LogP contribution in [0.4, 0.5) is 13.2 Å². The van der Waals surface area contributed by atoms with Crippen molar-refractivity contribution in [3.05, 3.63) is 93.5 Å². The number of halogens is 3. The fourth-order valence-corrected chi connectivity index (χ4v) is 3.81. The van der Waals surface area contributed by atoms with E-state index in [1.807, 2.05) is 0 Å². The van der Waals surface area contributed by atoms with Crippen molar-refractivity contribution in [2.75, 3.05) is 0 Å². The van der Waals surface area contributed by atoms with Crippen LogP contribution in [0, 0.1) is 31.3 Å². The van der Waals surface area contributed by atoms with Crippen LogP contribution in [-0.2, 0) is 0 Å². The third-order valence-corrected chi connectivity index (χ3v) is 5.41.